The first kappa shape index (κ1) is 15.3. The highest BCUT2D eigenvalue weighted by molar-refractivity contribution is 5.98. The van der Waals surface area contributed by atoms with E-state index in [0.29, 0.717) is 0 Å². The summed E-state index contributed by atoms with van der Waals surface area (Å²) in [5.41, 5.74) is 7.81. The fourth-order valence-electron chi connectivity index (χ4n) is 4.58. The molecule has 2 aromatic carbocycles. The Kier molecular flexibility index (Phi) is 3.23. The average Bonchev–Trinajstić information content (AvgIpc) is 3.07. The summed E-state index contributed by atoms with van der Waals surface area (Å²) >= 11 is 0. The minimum atomic E-state index is -0.219. The van der Waals surface area contributed by atoms with Crippen molar-refractivity contribution in [3.63, 3.8) is 0 Å². The van der Waals surface area contributed by atoms with Crippen molar-refractivity contribution in [3.05, 3.63) is 65.4 Å². The van der Waals surface area contributed by atoms with Crippen LogP contribution in [0.5, 0.6) is 0 Å². The van der Waals surface area contributed by atoms with Gasteiger partial charge in [-0.25, -0.2) is 4.79 Å². The first-order chi connectivity index (χ1) is 12.7. The van der Waals surface area contributed by atoms with Gasteiger partial charge in [-0.15, -0.1) is 0 Å². The molecule has 1 N–H and O–H groups in total. The third-order valence-corrected chi connectivity index (χ3v) is 5.72. The third kappa shape index (κ3) is 1.93. The van der Waals surface area contributed by atoms with Gasteiger partial charge in [-0.2, -0.15) is 0 Å². The topological polar surface area (TPSA) is 45.3 Å². The van der Waals surface area contributed by atoms with E-state index >= 15 is 0 Å². The van der Waals surface area contributed by atoms with Gasteiger partial charge in [-0.1, -0.05) is 36.4 Å². The molecule has 5 rings (SSSR count). The molecule has 0 radical (unpaired) electrons. The van der Waals surface area contributed by atoms with Crippen LogP contribution in [0.3, 0.4) is 0 Å². The lowest BCUT2D eigenvalue weighted by Gasteiger charge is -2.43. The number of hydrogen-bond acceptors (Lipinski definition) is 3. The molecule has 0 amide bonds. The van der Waals surface area contributed by atoms with E-state index < -0.39 is 0 Å². The molecule has 1 aromatic heterocycles. The van der Waals surface area contributed by atoms with Gasteiger partial charge in [-0.05, 0) is 31.9 Å². The van der Waals surface area contributed by atoms with Crippen molar-refractivity contribution in [3.8, 4) is 11.3 Å². The molecule has 0 fully saturated rings. The Morgan fingerprint density at radius 1 is 1.15 bits per heavy atom. The SMILES string of the molecule is COC(=O)C1=C(C)N2c3ccccc3-c3[nH]c4ccccc4c3C2CC1. The molecule has 2 aliphatic rings. The number of anilines is 1. The van der Waals surface area contributed by atoms with Crippen molar-refractivity contribution < 1.29 is 9.53 Å². The Bertz CT molecular complexity index is 1080. The second-order valence-corrected chi connectivity index (χ2v) is 6.96. The third-order valence-electron chi connectivity index (χ3n) is 5.72. The molecular formula is C22H20N2O2. The summed E-state index contributed by atoms with van der Waals surface area (Å²) in [7, 11) is 1.45. The van der Waals surface area contributed by atoms with E-state index in [9.17, 15) is 4.79 Å². The summed E-state index contributed by atoms with van der Waals surface area (Å²) in [5, 5.41) is 1.27. The van der Waals surface area contributed by atoms with Crippen LogP contribution in [-0.2, 0) is 9.53 Å². The van der Waals surface area contributed by atoms with Gasteiger partial charge in [0, 0.05) is 27.7 Å². The van der Waals surface area contributed by atoms with E-state index in [0.717, 1.165) is 35.3 Å². The molecule has 2 aliphatic heterocycles. The maximum absolute atomic E-state index is 12.3. The average molecular weight is 344 g/mol. The van der Waals surface area contributed by atoms with Crippen LogP contribution in [-0.4, -0.2) is 18.1 Å². The number of aromatic amines is 1. The highest BCUT2D eigenvalue weighted by Crippen LogP contribution is 2.52. The highest BCUT2D eigenvalue weighted by Gasteiger charge is 2.38. The van der Waals surface area contributed by atoms with Gasteiger partial charge in [0.25, 0.3) is 0 Å². The van der Waals surface area contributed by atoms with E-state index in [-0.39, 0.29) is 12.0 Å². The van der Waals surface area contributed by atoms with Gasteiger partial charge >= 0.3 is 5.97 Å². The summed E-state index contributed by atoms with van der Waals surface area (Å²) in [6, 6.07) is 17.1. The second kappa shape index (κ2) is 5.49. The number of carbonyl (C=O) groups excluding carboxylic acids is 1. The number of ether oxygens (including phenoxy) is 1. The van der Waals surface area contributed by atoms with E-state index in [1.807, 2.05) is 6.92 Å². The van der Waals surface area contributed by atoms with Crippen LogP contribution in [0.1, 0.15) is 31.4 Å². The van der Waals surface area contributed by atoms with E-state index in [1.165, 1.54) is 29.3 Å². The van der Waals surface area contributed by atoms with Crippen molar-refractivity contribution in [1.29, 1.82) is 0 Å². The lowest BCUT2D eigenvalue weighted by molar-refractivity contribution is -0.136. The van der Waals surface area contributed by atoms with Gasteiger partial charge in [0.2, 0.25) is 0 Å². The highest BCUT2D eigenvalue weighted by atomic mass is 16.5. The summed E-state index contributed by atoms with van der Waals surface area (Å²) in [5.74, 6) is -0.219. The number of nitrogens with zero attached hydrogens (tertiary/aromatic N) is 1. The number of esters is 1. The molecule has 0 aliphatic carbocycles. The standard InChI is InChI=1S/C22H20N2O2/c1-13-14(22(25)26-2)11-12-19-20-15-7-3-5-9-17(15)23-21(20)16-8-4-6-10-18(16)24(13)19/h3-10,19,23H,11-12H2,1-2H3. The fourth-order valence-corrected chi connectivity index (χ4v) is 4.58. The van der Waals surface area contributed by atoms with Gasteiger partial charge in [0.05, 0.1) is 30.1 Å². The summed E-state index contributed by atoms with van der Waals surface area (Å²) < 4.78 is 5.02. The van der Waals surface area contributed by atoms with E-state index in [2.05, 4.69) is 58.4 Å². The zero-order valence-corrected chi connectivity index (χ0v) is 14.9. The van der Waals surface area contributed by atoms with Crippen LogP contribution in [0.25, 0.3) is 22.2 Å². The zero-order valence-electron chi connectivity index (χ0n) is 14.9. The number of methoxy groups -OCH3 is 1. The molecule has 1 atom stereocenters. The Morgan fingerprint density at radius 3 is 2.77 bits per heavy atom. The number of allylic oxidation sites excluding steroid dienone is 1. The smallest absolute Gasteiger partial charge is 0.335 e. The lowest BCUT2D eigenvalue weighted by Crippen LogP contribution is -2.35. The number of fused-ring (bicyclic) bond motifs is 8. The fraction of sp³-hybridized carbons (Fsp3) is 0.227. The number of benzene rings is 2. The van der Waals surface area contributed by atoms with Gasteiger partial charge < -0.3 is 14.6 Å². The van der Waals surface area contributed by atoms with Crippen molar-refractivity contribution in [1.82, 2.24) is 4.98 Å². The van der Waals surface area contributed by atoms with Crippen molar-refractivity contribution >= 4 is 22.6 Å². The van der Waals surface area contributed by atoms with Crippen molar-refractivity contribution in [2.75, 3.05) is 12.0 Å². The van der Waals surface area contributed by atoms with Crippen LogP contribution in [0, 0.1) is 0 Å². The van der Waals surface area contributed by atoms with Gasteiger partial charge in [-0.3, -0.25) is 0 Å². The van der Waals surface area contributed by atoms with Crippen LogP contribution in [0.2, 0.25) is 0 Å². The minimum Gasteiger partial charge on any atom is -0.466 e. The molecule has 4 nitrogen and oxygen atoms in total. The molecule has 0 saturated heterocycles. The molecule has 1 unspecified atom stereocenters. The van der Waals surface area contributed by atoms with Gasteiger partial charge in [0.1, 0.15) is 0 Å². The number of carbonyl (C=O) groups is 1. The lowest BCUT2D eigenvalue weighted by atomic mass is 9.84. The summed E-state index contributed by atoms with van der Waals surface area (Å²) in [4.78, 5) is 18.2. The zero-order chi connectivity index (χ0) is 17.8. The second-order valence-electron chi connectivity index (χ2n) is 6.96. The Morgan fingerprint density at radius 2 is 1.92 bits per heavy atom. The molecule has 0 saturated carbocycles. The molecule has 3 heterocycles. The Balaban J connectivity index is 1.82. The number of hydrogen-bond donors (Lipinski definition) is 1. The molecule has 130 valence electrons. The molecule has 3 aromatic rings. The minimum absolute atomic E-state index is 0.219. The Labute approximate surface area is 152 Å². The van der Waals surface area contributed by atoms with Crippen LogP contribution < -0.4 is 4.90 Å². The van der Waals surface area contributed by atoms with Crippen LogP contribution in [0.4, 0.5) is 5.69 Å². The molecular weight excluding hydrogens is 324 g/mol. The number of rotatable bonds is 1. The predicted octanol–water partition coefficient (Wildman–Crippen LogP) is 4.94. The number of para-hydroxylation sites is 2. The maximum Gasteiger partial charge on any atom is 0.335 e. The number of H-pyrrole nitrogens is 1. The van der Waals surface area contributed by atoms with E-state index in [1.54, 1.807) is 0 Å². The summed E-state index contributed by atoms with van der Waals surface area (Å²) in [6.07, 6.45) is 1.63. The molecule has 4 heteroatoms. The molecule has 0 bridgehead atoms. The maximum atomic E-state index is 12.3. The number of nitrogens with one attached hydrogen (secondary N) is 1. The monoisotopic (exact) mass is 344 g/mol. The van der Waals surface area contributed by atoms with Crippen LogP contribution >= 0.6 is 0 Å². The molecule has 26 heavy (non-hydrogen) atoms. The van der Waals surface area contributed by atoms with Gasteiger partial charge in [0.15, 0.2) is 0 Å². The summed E-state index contributed by atoms with van der Waals surface area (Å²) in [6.45, 7) is 2.04. The Hall–Kier alpha value is -3.01. The van der Waals surface area contributed by atoms with Crippen molar-refractivity contribution in [2.24, 2.45) is 0 Å². The quantitative estimate of drug-likeness (QED) is 0.636. The molecule has 0 spiro atoms. The van der Waals surface area contributed by atoms with E-state index in [4.69, 9.17) is 4.74 Å². The first-order valence-electron chi connectivity index (χ1n) is 8.98. The number of aromatic nitrogens is 1. The normalized spacial score (nSPS) is 18.4. The van der Waals surface area contributed by atoms with Crippen LogP contribution in [0.15, 0.2) is 59.8 Å². The predicted molar refractivity (Wildman–Crippen MR) is 103 cm³/mol. The first-order valence-corrected chi connectivity index (χ1v) is 8.98. The largest absolute Gasteiger partial charge is 0.466 e. The van der Waals surface area contributed by atoms with Crippen molar-refractivity contribution in [2.45, 2.75) is 25.8 Å².